The Hall–Kier alpha value is -2.88. The number of benzene rings is 2. The second-order valence-electron chi connectivity index (χ2n) is 7.08. The van der Waals surface area contributed by atoms with Gasteiger partial charge in [0.25, 0.3) is 0 Å². The molecule has 0 aliphatic rings. The summed E-state index contributed by atoms with van der Waals surface area (Å²) < 4.78 is 2.31. The van der Waals surface area contributed by atoms with Gasteiger partial charge in [0.15, 0.2) is 0 Å². The van der Waals surface area contributed by atoms with E-state index in [9.17, 15) is 4.79 Å². The number of fused-ring (bicyclic) bond motifs is 1. The van der Waals surface area contributed by atoms with Gasteiger partial charge in [-0.05, 0) is 62.1 Å². The molecule has 3 rings (SSSR count). The third kappa shape index (κ3) is 4.27. The van der Waals surface area contributed by atoms with Crippen molar-refractivity contribution in [1.29, 1.82) is 0 Å². The Morgan fingerprint density at radius 3 is 2.59 bits per heavy atom. The fourth-order valence-electron chi connectivity index (χ4n) is 3.64. The number of hydrogen-bond donors (Lipinski definition) is 1. The van der Waals surface area contributed by atoms with Crippen molar-refractivity contribution in [3.8, 4) is 0 Å². The average Bonchev–Trinajstić information content (AvgIpc) is 2.99. The van der Waals surface area contributed by atoms with Crippen LogP contribution in [0.1, 0.15) is 34.5 Å². The van der Waals surface area contributed by atoms with Gasteiger partial charge in [0.2, 0.25) is 5.91 Å². The maximum atomic E-state index is 11.3. The van der Waals surface area contributed by atoms with Crippen molar-refractivity contribution >= 4 is 16.9 Å². The zero-order valence-electron chi connectivity index (χ0n) is 16.4. The predicted molar refractivity (Wildman–Crippen MR) is 111 cm³/mol. The molecule has 0 saturated heterocycles. The molecule has 4 nitrogen and oxygen atoms in total. The largest absolute Gasteiger partial charge is 0.353 e. The van der Waals surface area contributed by atoms with Crippen LogP contribution in [0.5, 0.6) is 0 Å². The van der Waals surface area contributed by atoms with Gasteiger partial charge < -0.3 is 9.88 Å². The Bertz CT molecular complexity index is 961. The number of aromatic nitrogens is 2. The molecule has 0 bridgehead atoms. The molecule has 2 aromatic carbocycles. The molecule has 140 valence electrons. The standard InChI is InChI=1S/C23H27N3O/c1-5-23(27)24-12-8-11-22-25-20-9-6-7-10-21(20)26(22)15-19-17(3)13-16(2)14-18(19)4/h5-7,9-10,13-14H,1,8,11-12,15H2,2-4H3,(H,24,27). The van der Waals surface area contributed by atoms with E-state index in [0.29, 0.717) is 6.54 Å². The van der Waals surface area contributed by atoms with Gasteiger partial charge in [-0.2, -0.15) is 0 Å². The maximum absolute atomic E-state index is 11.3. The van der Waals surface area contributed by atoms with Crippen molar-refractivity contribution in [3.05, 3.63) is 77.1 Å². The number of aryl methyl sites for hydroxylation is 4. The number of rotatable bonds is 7. The number of nitrogens with one attached hydrogen (secondary N) is 1. The van der Waals surface area contributed by atoms with Crippen LogP contribution >= 0.6 is 0 Å². The van der Waals surface area contributed by atoms with Crippen LogP contribution in [0.3, 0.4) is 0 Å². The lowest BCUT2D eigenvalue weighted by atomic mass is 9.99. The summed E-state index contributed by atoms with van der Waals surface area (Å²) in [6.45, 7) is 11.4. The van der Waals surface area contributed by atoms with Gasteiger partial charge in [0.1, 0.15) is 5.82 Å². The van der Waals surface area contributed by atoms with Gasteiger partial charge in [0.05, 0.1) is 11.0 Å². The van der Waals surface area contributed by atoms with E-state index < -0.39 is 0 Å². The fourth-order valence-corrected chi connectivity index (χ4v) is 3.64. The molecule has 1 amide bonds. The number of carbonyl (C=O) groups excluding carboxylic acids is 1. The molecular formula is C23H27N3O. The Balaban J connectivity index is 1.89. The molecule has 1 aromatic heterocycles. The smallest absolute Gasteiger partial charge is 0.243 e. The number of amides is 1. The highest BCUT2D eigenvalue weighted by Gasteiger charge is 2.13. The summed E-state index contributed by atoms with van der Waals surface area (Å²) in [5.74, 6) is 0.929. The summed E-state index contributed by atoms with van der Waals surface area (Å²) in [6.07, 6.45) is 2.96. The minimum atomic E-state index is -0.130. The molecular weight excluding hydrogens is 334 g/mol. The molecule has 0 unspecified atom stereocenters. The van der Waals surface area contributed by atoms with Crippen molar-refractivity contribution < 1.29 is 4.79 Å². The van der Waals surface area contributed by atoms with Crippen LogP contribution in [0, 0.1) is 20.8 Å². The van der Waals surface area contributed by atoms with Crippen LogP contribution < -0.4 is 5.32 Å². The second kappa shape index (κ2) is 8.21. The Morgan fingerprint density at radius 2 is 1.89 bits per heavy atom. The van der Waals surface area contributed by atoms with E-state index in [0.717, 1.165) is 36.2 Å². The molecule has 0 spiro atoms. The Labute approximate surface area is 160 Å². The SMILES string of the molecule is C=CC(=O)NCCCc1nc2ccccc2n1Cc1c(C)cc(C)cc1C. The minimum Gasteiger partial charge on any atom is -0.353 e. The molecule has 1 heterocycles. The first-order valence-corrected chi connectivity index (χ1v) is 9.40. The number of imidazole rings is 1. The highest BCUT2D eigenvalue weighted by molar-refractivity contribution is 5.86. The lowest BCUT2D eigenvalue weighted by Gasteiger charge is -2.15. The van der Waals surface area contributed by atoms with Crippen LogP contribution in [0.15, 0.2) is 49.1 Å². The van der Waals surface area contributed by atoms with Crippen LogP contribution in [0.4, 0.5) is 0 Å². The number of hydrogen-bond acceptors (Lipinski definition) is 2. The van der Waals surface area contributed by atoms with E-state index in [1.54, 1.807) is 0 Å². The van der Waals surface area contributed by atoms with Gasteiger partial charge in [-0.3, -0.25) is 4.79 Å². The highest BCUT2D eigenvalue weighted by Crippen LogP contribution is 2.23. The van der Waals surface area contributed by atoms with E-state index in [1.165, 1.54) is 28.3 Å². The van der Waals surface area contributed by atoms with E-state index >= 15 is 0 Å². The first kappa shape index (κ1) is 18.9. The predicted octanol–water partition coefficient (Wildman–Crippen LogP) is 4.24. The molecule has 4 heteroatoms. The third-order valence-electron chi connectivity index (χ3n) is 4.95. The fraction of sp³-hybridized carbons (Fsp3) is 0.304. The molecule has 0 aliphatic carbocycles. The van der Waals surface area contributed by atoms with Crippen molar-refractivity contribution in [2.45, 2.75) is 40.2 Å². The number of carbonyl (C=O) groups is 1. The molecule has 0 atom stereocenters. The Kier molecular flexibility index (Phi) is 5.75. The molecule has 1 N–H and O–H groups in total. The quantitative estimate of drug-likeness (QED) is 0.505. The van der Waals surface area contributed by atoms with Crippen molar-refractivity contribution in [2.24, 2.45) is 0 Å². The van der Waals surface area contributed by atoms with E-state index in [4.69, 9.17) is 4.98 Å². The van der Waals surface area contributed by atoms with Gasteiger partial charge in [-0.1, -0.05) is 36.4 Å². The normalized spacial score (nSPS) is 10.9. The van der Waals surface area contributed by atoms with Gasteiger partial charge in [0, 0.05) is 19.5 Å². The average molecular weight is 361 g/mol. The summed E-state index contributed by atoms with van der Waals surface area (Å²) in [6, 6.07) is 12.8. The van der Waals surface area contributed by atoms with E-state index in [2.05, 4.69) is 67.6 Å². The molecule has 0 saturated carbocycles. The van der Waals surface area contributed by atoms with Gasteiger partial charge >= 0.3 is 0 Å². The van der Waals surface area contributed by atoms with Crippen molar-refractivity contribution in [2.75, 3.05) is 6.54 Å². The summed E-state index contributed by atoms with van der Waals surface area (Å²) in [5.41, 5.74) is 7.45. The summed E-state index contributed by atoms with van der Waals surface area (Å²) >= 11 is 0. The molecule has 27 heavy (non-hydrogen) atoms. The number of para-hydroxylation sites is 2. The summed E-state index contributed by atoms with van der Waals surface area (Å²) in [7, 11) is 0. The third-order valence-corrected chi connectivity index (χ3v) is 4.95. The first-order valence-electron chi connectivity index (χ1n) is 9.40. The van der Waals surface area contributed by atoms with Crippen molar-refractivity contribution in [3.63, 3.8) is 0 Å². The van der Waals surface area contributed by atoms with E-state index in [1.807, 2.05) is 6.07 Å². The summed E-state index contributed by atoms with van der Waals surface area (Å²) in [4.78, 5) is 16.2. The molecule has 0 aliphatic heterocycles. The zero-order valence-corrected chi connectivity index (χ0v) is 16.4. The molecule has 0 radical (unpaired) electrons. The minimum absolute atomic E-state index is 0.130. The van der Waals surface area contributed by atoms with Crippen LogP contribution in [-0.4, -0.2) is 22.0 Å². The van der Waals surface area contributed by atoms with Crippen LogP contribution in [0.25, 0.3) is 11.0 Å². The first-order chi connectivity index (χ1) is 13.0. The van der Waals surface area contributed by atoms with Gasteiger partial charge in [-0.25, -0.2) is 4.98 Å². The zero-order chi connectivity index (χ0) is 19.4. The molecule has 0 fully saturated rings. The van der Waals surface area contributed by atoms with Crippen LogP contribution in [0.2, 0.25) is 0 Å². The lowest BCUT2D eigenvalue weighted by Crippen LogP contribution is -2.22. The van der Waals surface area contributed by atoms with E-state index in [-0.39, 0.29) is 5.91 Å². The topological polar surface area (TPSA) is 46.9 Å². The highest BCUT2D eigenvalue weighted by atomic mass is 16.1. The monoisotopic (exact) mass is 361 g/mol. The maximum Gasteiger partial charge on any atom is 0.243 e. The number of nitrogens with zero attached hydrogens (tertiary/aromatic N) is 2. The lowest BCUT2D eigenvalue weighted by molar-refractivity contribution is -0.116. The summed E-state index contributed by atoms with van der Waals surface area (Å²) in [5, 5.41) is 2.84. The Morgan fingerprint density at radius 1 is 1.19 bits per heavy atom. The molecule has 3 aromatic rings. The second-order valence-corrected chi connectivity index (χ2v) is 7.08. The van der Waals surface area contributed by atoms with Crippen molar-refractivity contribution in [1.82, 2.24) is 14.9 Å². The van der Waals surface area contributed by atoms with Gasteiger partial charge in [-0.15, -0.1) is 0 Å². The van der Waals surface area contributed by atoms with Crippen LogP contribution in [-0.2, 0) is 17.8 Å².